The zero-order chi connectivity index (χ0) is 10.9. The fourth-order valence-corrected chi connectivity index (χ4v) is 2.35. The number of carbonyl (C=O) groups excluding carboxylic acids is 1. The molecule has 2 nitrogen and oxygen atoms in total. The Labute approximate surface area is 93.1 Å². The molecule has 0 aromatic heterocycles. The van der Waals surface area contributed by atoms with E-state index in [1.165, 1.54) is 12.8 Å². The highest BCUT2D eigenvalue weighted by Gasteiger charge is 2.09. The van der Waals surface area contributed by atoms with Crippen molar-refractivity contribution < 1.29 is 9.90 Å². The number of hydrogen-bond acceptors (Lipinski definition) is 2. The molecule has 1 aliphatic rings. The first-order chi connectivity index (χ1) is 7.33. The van der Waals surface area contributed by atoms with Crippen molar-refractivity contribution in [2.24, 2.45) is 5.92 Å². The maximum absolute atomic E-state index is 10.8. The minimum absolute atomic E-state index is 0.0775. The van der Waals surface area contributed by atoms with Crippen LogP contribution in [0.25, 0.3) is 0 Å². The minimum atomic E-state index is -0.0775. The van der Waals surface area contributed by atoms with E-state index in [0.717, 1.165) is 57.7 Å². The molecule has 2 heteroatoms. The summed E-state index contributed by atoms with van der Waals surface area (Å²) < 4.78 is 0. The molecule has 0 radical (unpaired) electrons. The van der Waals surface area contributed by atoms with Gasteiger partial charge in [-0.1, -0.05) is 38.5 Å². The second-order valence-corrected chi connectivity index (χ2v) is 4.83. The SMILES string of the molecule is O=CC1CCCCCC(O)CCCCC1. The number of rotatable bonds is 1. The highest BCUT2D eigenvalue weighted by Crippen LogP contribution is 2.19. The van der Waals surface area contributed by atoms with Crippen molar-refractivity contribution in [3.63, 3.8) is 0 Å². The van der Waals surface area contributed by atoms with Crippen LogP contribution in [0.1, 0.15) is 64.2 Å². The molecule has 1 aliphatic carbocycles. The summed E-state index contributed by atoms with van der Waals surface area (Å²) in [6.45, 7) is 0. The number of carbonyl (C=O) groups is 1. The van der Waals surface area contributed by atoms with E-state index in [4.69, 9.17) is 0 Å². The maximum Gasteiger partial charge on any atom is 0.123 e. The van der Waals surface area contributed by atoms with E-state index in [-0.39, 0.29) is 6.10 Å². The van der Waals surface area contributed by atoms with Gasteiger partial charge in [0, 0.05) is 5.92 Å². The molecule has 0 aromatic carbocycles. The van der Waals surface area contributed by atoms with Crippen LogP contribution < -0.4 is 0 Å². The highest BCUT2D eigenvalue weighted by molar-refractivity contribution is 5.53. The average molecular weight is 212 g/mol. The van der Waals surface area contributed by atoms with Crippen LogP contribution in [0.4, 0.5) is 0 Å². The fraction of sp³-hybridized carbons (Fsp3) is 0.923. The highest BCUT2D eigenvalue weighted by atomic mass is 16.3. The van der Waals surface area contributed by atoms with Crippen molar-refractivity contribution in [3.05, 3.63) is 0 Å². The second-order valence-electron chi connectivity index (χ2n) is 4.83. The van der Waals surface area contributed by atoms with E-state index in [0.29, 0.717) is 5.92 Å². The monoisotopic (exact) mass is 212 g/mol. The van der Waals surface area contributed by atoms with Crippen LogP contribution in [0.3, 0.4) is 0 Å². The van der Waals surface area contributed by atoms with E-state index >= 15 is 0 Å². The normalized spacial score (nSPS) is 31.3. The molecule has 1 fully saturated rings. The summed E-state index contributed by atoms with van der Waals surface area (Å²) in [7, 11) is 0. The molecule has 1 N–H and O–H groups in total. The molecule has 0 amide bonds. The maximum atomic E-state index is 10.8. The fourth-order valence-electron chi connectivity index (χ4n) is 2.35. The Hall–Kier alpha value is -0.370. The summed E-state index contributed by atoms with van der Waals surface area (Å²) >= 11 is 0. The van der Waals surface area contributed by atoms with Crippen molar-refractivity contribution in [3.8, 4) is 0 Å². The van der Waals surface area contributed by atoms with Crippen LogP contribution in [0.2, 0.25) is 0 Å². The summed E-state index contributed by atoms with van der Waals surface area (Å²) in [6, 6.07) is 0. The Kier molecular flexibility index (Phi) is 6.66. The summed E-state index contributed by atoms with van der Waals surface area (Å²) in [5.41, 5.74) is 0. The van der Waals surface area contributed by atoms with Crippen LogP contribution >= 0.6 is 0 Å². The Morgan fingerprint density at radius 2 is 1.27 bits per heavy atom. The summed E-state index contributed by atoms with van der Waals surface area (Å²) in [5, 5.41) is 9.64. The van der Waals surface area contributed by atoms with E-state index < -0.39 is 0 Å². The number of hydrogen-bond donors (Lipinski definition) is 1. The molecule has 0 spiro atoms. The van der Waals surface area contributed by atoms with Gasteiger partial charge in [0.15, 0.2) is 0 Å². The molecule has 1 saturated carbocycles. The summed E-state index contributed by atoms with van der Waals surface area (Å²) in [6.07, 6.45) is 11.9. The zero-order valence-corrected chi connectivity index (χ0v) is 9.66. The smallest absolute Gasteiger partial charge is 0.123 e. The van der Waals surface area contributed by atoms with Crippen molar-refractivity contribution in [2.75, 3.05) is 0 Å². The van der Waals surface area contributed by atoms with Crippen LogP contribution in [0, 0.1) is 5.92 Å². The quantitative estimate of drug-likeness (QED) is 0.678. The van der Waals surface area contributed by atoms with Gasteiger partial charge in [0.1, 0.15) is 6.29 Å². The van der Waals surface area contributed by atoms with Crippen molar-refractivity contribution in [2.45, 2.75) is 70.3 Å². The average Bonchev–Trinajstić information content (AvgIpc) is 2.23. The van der Waals surface area contributed by atoms with Gasteiger partial charge in [0.2, 0.25) is 0 Å². The van der Waals surface area contributed by atoms with E-state index in [1.807, 2.05) is 0 Å². The third-order valence-electron chi connectivity index (χ3n) is 3.42. The Morgan fingerprint density at radius 3 is 1.73 bits per heavy atom. The summed E-state index contributed by atoms with van der Waals surface area (Å²) in [4.78, 5) is 10.8. The predicted octanol–water partition coefficient (Wildman–Crippen LogP) is 3.08. The molecule has 0 saturated heterocycles. The number of aldehydes is 1. The Bertz CT molecular complexity index is 154. The molecule has 0 aliphatic heterocycles. The lowest BCUT2D eigenvalue weighted by Crippen LogP contribution is -2.08. The largest absolute Gasteiger partial charge is 0.393 e. The molecular formula is C13H24O2. The molecular weight excluding hydrogens is 188 g/mol. The lowest BCUT2D eigenvalue weighted by atomic mass is 9.93. The van der Waals surface area contributed by atoms with Crippen LogP contribution in [-0.2, 0) is 4.79 Å². The minimum Gasteiger partial charge on any atom is -0.393 e. The van der Waals surface area contributed by atoms with Crippen molar-refractivity contribution >= 4 is 6.29 Å². The Balaban J connectivity index is 2.26. The Morgan fingerprint density at radius 1 is 0.800 bits per heavy atom. The second kappa shape index (κ2) is 7.86. The van der Waals surface area contributed by atoms with Gasteiger partial charge < -0.3 is 9.90 Å². The molecule has 0 heterocycles. The molecule has 0 bridgehead atoms. The van der Waals surface area contributed by atoms with Gasteiger partial charge in [-0.15, -0.1) is 0 Å². The number of aliphatic hydroxyl groups is 1. The van der Waals surface area contributed by atoms with Gasteiger partial charge in [-0.25, -0.2) is 0 Å². The van der Waals surface area contributed by atoms with Gasteiger partial charge in [-0.05, 0) is 25.7 Å². The first-order valence-electron chi connectivity index (χ1n) is 6.46. The standard InChI is InChI=1S/C13H24O2/c14-11-12-7-3-1-5-9-13(15)10-6-2-4-8-12/h11-13,15H,1-10H2. The summed E-state index contributed by atoms with van der Waals surface area (Å²) in [5.74, 6) is 0.300. The topological polar surface area (TPSA) is 37.3 Å². The molecule has 0 atom stereocenters. The molecule has 88 valence electrons. The van der Waals surface area contributed by atoms with Crippen molar-refractivity contribution in [1.29, 1.82) is 0 Å². The van der Waals surface area contributed by atoms with E-state index in [1.54, 1.807) is 0 Å². The van der Waals surface area contributed by atoms with Gasteiger partial charge in [-0.3, -0.25) is 0 Å². The van der Waals surface area contributed by atoms with Crippen LogP contribution in [-0.4, -0.2) is 17.5 Å². The van der Waals surface area contributed by atoms with Crippen LogP contribution in [0.5, 0.6) is 0 Å². The van der Waals surface area contributed by atoms with Gasteiger partial charge in [0.25, 0.3) is 0 Å². The third kappa shape index (κ3) is 5.93. The molecule has 15 heavy (non-hydrogen) atoms. The van der Waals surface area contributed by atoms with E-state index in [2.05, 4.69) is 0 Å². The molecule has 0 unspecified atom stereocenters. The number of aliphatic hydroxyl groups excluding tert-OH is 1. The first-order valence-corrected chi connectivity index (χ1v) is 6.46. The van der Waals surface area contributed by atoms with Gasteiger partial charge in [-0.2, -0.15) is 0 Å². The van der Waals surface area contributed by atoms with Crippen LogP contribution in [0.15, 0.2) is 0 Å². The van der Waals surface area contributed by atoms with Crippen molar-refractivity contribution in [1.82, 2.24) is 0 Å². The molecule has 1 rings (SSSR count). The van der Waals surface area contributed by atoms with E-state index in [9.17, 15) is 9.90 Å². The lowest BCUT2D eigenvalue weighted by Gasteiger charge is -2.14. The van der Waals surface area contributed by atoms with Gasteiger partial charge in [0.05, 0.1) is 6.10 Å². The zero-order valence-electron chi connectivity index (χ0n) is 9.66. The lowest BCUT2D eigenvalue weighted by molar-refractivity contribution is -0.111. The first kappa shape index (κ1) is 12.7. The van der Waals surface area contributed by atoms with Gasteiger partial charge >= 0.3 is 0 Å². The third-order valence-corrected chi connectivity index (χ3v) is 3.42. The predicted molar refractivity (Wildman–Crippen MR) is 61.7 cm³/mol. The molecule has 0 aromatic rings.